The maximum absolute atomic E-state index is 11.9. The fourth-order valence-electron chi connectivity index (χ4n) is 1.32. The van der Waals surface area contributed by atoms with Gasteiger partial charge in [0.1, 0.15) is 0 Å². The number of aryl methyl sites for hydroxylation is 1. The first-order valence-corrected chi connectivity index (χ1v) is 6.85. The molecular formula is C10H14N4O4S. The highest BCUT2D eigenvalue weighted by atomic mass is 32.2. The Kier molecular flexibility index (Phi) is 4.28. The zero-order chi connectivity index (χ0) is 14.8. The van der Waals surface area contributed by atoms with E-state index >= 15 is 0 Å². The summed E-state index contributed by atoms with van der Waals surface area (Å²) in [7, 11) is -1.51. The molecule has 0 saturated heterocycles. The normalized spacial score (nSPS) is 12.9. The Morgan fingerprint density at radius 1 is 1.42 bits per heavy atom. The number of aromatic nitrogens is 2. The second-order valence-corrected chi connectivity index (χ2v) is 5.87. The van der Waals surface area contributed by atoms with Gasteiger partial charge >= 0.3 is 5.69 Å². The highest BCUT2D eigenvalue weighted by molar-refractivity contribution is 7.89. The summed E-state index contributed by atoms with van der Waals surface area (Å²) in [5, 5.41) is 8.59. The van der Waals surface area contributed by atoms with E-state index in [-0.39, 0.29) is 6.54 Å². The first-order chi connectivity index (χ1) is 8.70. The minimum absolute atomic E-state index is 0.106. The van der Waals surface area contributed by atoms with Crippen molar-refractivity contribution in [3.8, 4) is 6.07 Å². The van der Waals surface area contributed by atoms with E-state index in [1.165, 1.54) is 14.1 Å². The van der Waals surface area contributed by atoms with Crippen LogP contribution < -0.4 is 16.0 Å². The summed E-state index contributed by atoms with van der Waals surface area (Å²) in [5.41, 5.74) is -1.52. The molecule has 0 aliphatic carbocycles. The third-order valence-corrected chi connectivity index (χ3v) is 3.91. The summed E-state index contributed by atoms with van der Waals surface area (Å²) in [5.74, 6) is -0.522. The van der Waals surface area contributed by atoms with Gasteiger partial charge in [-0.2, -0.15) is 5.26 Å². The summed E-state index contributed by atoms with van der Waals surface area (Å²) < 4.78 is 27.8. The molecule has 0 aromatic carbocycles. The molecule has 0 bridgehead atoms. The van der Waals surface area contributed by atoms with Crippen LogP contribution in [0.25, 0.3) is 0 Å². The predicted octanol–water partition coefficient (Wildman–Crippen LogP) is -1.48. The van der Waals surface area contributed by atoms with Gasteiger partial charge in [-0.15, -0.1) is 0 Å². The van der Waals surface area contributed by atoms with Crippen LogP contribution in [0.4, 0.5) is 0 Å². The quantitative estimate of drug-likeness (QED) is 0.725. The van der Waals surface area contributed by atoms with Crippen molar-refractivity contribution in [1.29, 1.82) is 5.26 Å². The molecule has 1 atom stereocenters. The summed E-state index contributed by atoms with van der Waals surface area (Å²) in [6.45, 7) is 1.44. The predicted molar refractivity (Wildman–Crippen MR) is 66.9 cm³/mol. The first-order valence-electron chi connectivity index (χ1n) is 5.36. The second kappa shape index (κ2) is 5.38. The van der Waals surface area contributed by atoms with Crippen molar-refractivity contribution in [2.75, 3.05) is 6.54 Å². The zero-order valence-corrected chi connectivity index (χ0v) is 11.6. The third-order valence-electron chi connectivity index (χ3n) is 2.50. The molecule has 19 heavy (non-hydrogen) atoms. The Morgan fingerprint density at radius 3 is 2.53 bits per heavy atom. The van der Waals surface area contributed by atoms with Gasteiger partial charge in [0.05, 0.1) is 12.0 Å². The van der Waals surface area contributed by atoms with Crippen LogP contribution in [0.1, 0.15) is 6.92 Å². The van der Waals surface area contributed by atoms with Gasteiger partial charge in [-0.3, -0.25) is 9.36 Å². The lowest BCUT2D eigenvalue weighted by atomic mass is 10.2. The number of nitriles is 1. The van der Waals surface area contributed by atoms with Crippen LogP contribution in [0.2, 0.25) is 0 Å². The number of nitrogens with one attached hydrogen (secondary N) is 1. The Labute approximate surface area is 110 Å². The van der Waals surface area contributed by atoms with Crippen molar-refractivity contribution in [2.24, 2.45) is 20.0 Å². The molecule has 0 radical (unpaired) electrons. The van der Waals surface area contributed by atoms with Gasteiger partial charge in [0.2, 0.25) is 10.0 Å². The topological polar surface area (TPSA) is 114 Å². The molecule has 0 aliphatic rings. The average molecular weight is 286 g/mol. The van der Waals surface area contributed by atoms with Crippen LogP contribution in [0.15, 0.2) is 20.7 Å². The molecule has 9 heteroatoms. The summed E-state index contributed by atoms with van der Waals surface area (Å²) in [6, 6.07) is 1.87. The lowest BCUT2D eigenvalue weighted by Crippen LogP contribution is -2.42. The number of nitrogens with zero attached hydrogens (tertiary/aromatic N) is 3. The van der Waals surface area contributed by atoms with Gasteiger partial charge in [-0.25, -0.2) is 17.9 Å². The van der Waals surface area contributed by atoms with Gasteiger partial charge in [0.25, 0.3) is 5.56 Å². The highest BCUT2D eigenvalue weighted by Gasteiger charge is 2.21. The molecule has 0 fully saturated rings. The second-order valence-electron chi connectivity index (χ2n) is 4.13. The fourth-order valence-corrected chi connectivity index (χ4v) is 2.61. The van der Waals surface area contributed by atoms with Crippen molar-refractivity contribution < 1.29 is 8.42 Å². The fraction of sp³-hybridized carbons (Fsp3) is 0.500. The van der Waals surface area contributed by atoms with Gasteiger partial charge in [-0.1, -0.05) is 0 Å². The van der Waals surface area contributed by atoms with Crippen molar-refractivity contribution in [3.63, 3.8) is 0 Å². The van der Waals surface area contributed by atoms with Crippen LogP contribution in [0.5, 0.6) is 0 Å². The van der Waals surface area contributed by atoms with E-state index in [0.29, 0.717) is 4.57 Å². The lowest BCUT2D eigenvalue weighted by Gasteiger charge is -2.09. The van der Waals surface area contributed by atoms with Crippen molar-refractivity contribution in [2.45, 2.75) is 11.8 Å². The molecule has 1 unspecified atom stereocenters. The Hall–Kier alpha value is -1.92. The first kappa shape index (κ1) is 15.1. The van der Waals surface area contributed by atoms with E-state index < -0.39 is 32.1 Å². The van der Waals surface area contributed by atoms with Gasteiger partial charge < -0.3 is 4.57 Å². The van der Waals surface area contributed by atoms with E-state index in [2.05, 4.69) is 4.72 Å². The number of rotatable bonds is 4. The highest BCUT2D eigenvalue weighted by Crippen LogP contribution is 2.01. The molecule has 1 heterocycles. The summed E-state index contributed by atoms with van der Waals surface area (Å²) in [4.78, 5) is 22.7. The summed E-state index contributed by atoms with van der Waals surface area (Å²) >= 11 is 0. The smallest absolute Gasteiger partial charge is 0.302 e. The van der Waals surface area contributed by atoms with E-state index in [0.717, 1.165) is 10.8 Å². The average Bonchev–Trinajstić information content (AvgIpc) is 2.37. The van der Waals surface area contributed by atoms with Gasteiger partial charge in [0.15, 0.2) is 4.90 Å². The van der Waals surface area contributed by atoms with Crippen LogP contribution in [-0.4, -0.2) is 24.1 Å². The number of sulfonamides is 1. The van der Waals surface area contributed by atoms with E-state index in [4.69, 9.17) is 5.26 Å². The van der Waals surface area contributed by atoms with Crippen LogP contribution in [0.3, 0.4) is 0 Å². The lowest BCUT2D eigenvalue weighted by molar-refractivity contribution is 0.563. The molecule has 0 aliphatic heterocycles. The standard InChI is InChI=1S/C10H14N4O4S/c1-7(4-11)5-12-19(17,18)8-6-13(2)10(16)14(3)9(8)15/h6-7,12H,5H2,1-3H3. The molecule has 1 N–H and O–H groups in total. The molecule has 1 rings (SSSR count). The largest absolute Gasteiger partial charge is 0.330 e. The van der Waals surface area contributed by atoms with E-state index in [9.17, 15) is 18.0 Å². The SMILES string of the molecule is CC(C#N)CNS(=O)(=O)c1cn(C)c(=O)n(C)c1=O. The van der Waals surface area contributed by atoms with Crippen molar-refractivity contribution >= 4 is 10.0 Å². The minimum Gasteiger partial charge on any atom is -0.302 e. The molecule has 1 aromatic heterocycles. The molecule has 0 spiro atoms. The maximum Gasteiger partial charge on any atom is 0.330 e. The zero-order valence-electron chi connectivity index (χ0n) is 10.7. The molecule has 8 nitrogen and oxygen atoms in total. The minimum atomic E-state index is -4.05. The maximum atomic E-state index is 11.9. The number of hydrogen-bond donors (Lipinski definition) is 1. The van der Waals surface area contributed by atoms with Crippen LogP contribution in [0, 0.1) is 17.2 Å². The molecule has 1 aromatic rings. The van der Waals surface area contributed by atoms with E-state index in [1.807, 2.05) is 6.07 Å². The van der Waals surface area contributed by atoms with Crippen molar-refractivity contribution in [3.05, 3.63) is 27.0 Å². The van der Waals surface area contributed by atoms with E-state index in [1.54, 1.807) is 6.92 Å². The molecular weight excluding hydrogens is 272 g/mol. The van der Waals surface area contributed by atoms with Gasteiger partial charge in [0, 0.05) is 26.8 Å². The van der Waals surface area contributed by atoms with Gasteiger partial charge in [-0.05, 0) is 6.92 Å². The molecule has 104 valence electrons. The van der Waals surface area contributed by atoms with Crippen LogP contribution >= 0.6 is 0 Å². The monoisotopic (exact) mass is 286 g/mol. The van der Waals surface area contributed by atoms with Crippen LogP contribution in [-0.2, 0) is 24.1 Å². The summed E-state index contributed by atoms with van der Waals surface area (Å²) in [6.07, 6.45) is 0.962. The third kappa shape index (κ3) is 3.10. The Bertz CT molecular complexity index is 738. The number of hydrogen-bond acceptors (Lipinski definition) is 5. The molecule has 0 amide bonds. The molecule has 0 saturated carbocycles. The van der Waals surface area contributed by atoms with Crippen molar-refractivity contribution in [1.82, 2.24) is 13.9 Å². The Morgan fingerprint density at radius 2 is 2.00 bits per heavy atom. The Balaban J connectivity index is 3.28.